The molecule has 0 spiro atoms. The largest absolute Gasteiger partial charge is 0.416 e. The van der Waals surface area contributed by atoms with E-state index in [-0.39, 0.29) is 47.5 Å². The number of aryl methyl sites for hydroxylation is 1. The molecule has 0 saturated carbocycles. The first-order chi connectivity index (χ1) is 18.9. The molecule has 17 heteroatoms. The molecule has 1 aliphatic rings. The number of alkyl halides is 3. The van der Waals surface area contributed by atoms with Crippen LogP contribution in [0.1, 0.15) is 27.4 Å². The highest BCUT2D eigenvalue weighted by Gasteiger charge is 2.32. The molecule has 0 atom stereocenters. The Morgan fingerprint density at radius 3 is 2.58 bits per heavy atom. The molecule has 0 bridgehead atoms. The summed E-state index contributed by atoms with van der Waals surface area (Å²) >= 11 is 0. The molecule has 13 nitrogen and oxygen atoms in total. The lowest BCUT2D eigenvalue weighted by atomic mass is 10.1. The predicted molar refractivity (Wildman–Crippen MR) is 132 cm³/mol. The summed E-state index contributed by atoms with van der Waals surface area (Å²) in [4.78, 5) is 29.3. The van der Waals surface area contributed by atoms with Crippen molar-refractivity contribution in [1.82, 2.24) is 20.0 Å². The van der Waals surface area contributed by atoms with Gasteiger partial charge in [-0.05, 0) is 41.1 Å². The van der Waals surface area contributed by atoms with E-state index in [1.807, 2.05) is 0 Å². The van der Waals surface area contributed by atoms with E-state index < -0.39 is 33.5 Å². The minimum absolute atomic E-state index is 0.0615. The molecule has 0 saturated heterocycles. The summed E-state index contributed by atoms with van der Waals surface area (Å²) in [6.45, 7) is 0.311. The van der Waals surface area contributed by atoms with Gasteiger partial charge in [0.25, 0.3) is 12.1 Å². The Bertz CT molecular complexity index is 1690. The summed E-state index contributed by atoms with van der Waals surface area (Å²) in [6, 6.07) is 8.14. The van der Waals surface area contributed by atoms with Gasteiger partial charge in [-0.15, -0.1) is 0 Å². The van der Waals surface area contributed by atoms with Gasteiger partial charge in [-0.2, -0.15) is 18.3 Å². The highest BCUT2D eigenvalue weighted by molar-refractivity contribution is 7.90. The zero-order chi connectivity index (χ0) is 28.5. The Balaban J connectivity index is 1.29. The predicted octanol–water partition coefficient (Wildman–Crippen LogP) is 2.45. The van der Waals surface area contributed by atoms with E-state index in [0.29, 0.717) is 23.5 Å². The van der Waals surface area contributed by atoms with Gasteiger partial charge >= 0.3 is 18.1 Å². The lowest BCUT2D eigenvalue weighted by Crippen LogP contribution is -2.35. The first kappa shape index (κ1) is 26.8. The van der Waals surface area contributed by atoms with Crippen molar-refractivity contribution in [3.63, 3.8) is 0 Å². The molecule has 5 rings (SSSR count). The average Bonchev–Trinajstić information content (AvgIpc) is 3.49. The molecule has 1 aromatic carbocycles. The molecule has 0 aliphatic carbocycles. The minimum atomic E-state index is -4.79. The molecular weight excluding hydrogens is 557 g/mol. The number of rotatable bonds is 6. The van der Waals surface area contributed by atoms with Crippen LogP contribution in [0.3, 0.4) is 0 Å². The smallest absolute Gasteiger partial charge is 0.321 e. The zero-order valence-electron chi connectivity index (χ0n) is 20.3. The van der Waals surface area contributed by atoms with Crippen LogP contribution in [-0.2, 0) is 34.9 Å². The number of amides is 3. The summed E-state index contributed by atoms with van der Waals surface area (Å²) in [5, 5.41) is 14.7. The maximum Gasteiger partial charge on any atom is 0.416 e. The Morgan fingerprint density at radius 1 is 1.07 bits per heavy atom. The quantitative estimate of drug-likeness (QED) is 0.294. The van der Waals surface area contributed by atoms with Crippen molar-refractivity contribution in [2.45, 2.75) is 25.0 Å². The van der Waals surface area contributed by atoms with Crippen LogP contribution in [0.25, 0.3) is 0 Å². The molecule has 0 radical (unpaired) electrons. The van der Waals surface area contributed by atoms with Gasteiger partial charge in [0.2, 0.25) is 11.8 Å². The number of hydrogen-bond donors (Lipinski definition) is 3. The molecule has 3 amide bonds. The van der Waals surface area contributed by atoms with Crippen LogP contribution in [0.5, 0.6) is 0 Å². The van der Waals surface area contributed by atoms with E-state index in [1.165, 1.54) is 21.6 Å². The van der Waals surface area contributed by atoms with Crippen LogP contribution >= 0.6 is 0 Å². The Hall–Kier alpha value is -4.80. The molecule has 3 aromatic heterocycles. The van der Waals surface area contributed by atoms with Crippen LogP contribution < -0.4 is 20.6 Å². The molecule has 1 aliphatic heterocycles. The second kappa shape index (κ2) is 10.4. The standard InChI is InChI=1S/C23H19F3N8O5S/c24-23(25,26)14-7-16(28-21(35)19-10-18-13-40(37,38)6-5-34(18)31-19)9-17(8-14)29-22(36)30-20-12-33(32-39-20)11-15-3-1-2-4-27-15/h1-4,7-10,12H,5-6,11,13H2,(H2-,28,29,30,32,35,36)/p+1. The topological polar surface area (TPSA) is 165 Å². The highest BCUT2D eigenvalue weighted by atomic mass is 32.2. The van der Waals surface area contributed by atoms with Crippen molar-refractivity contribution in [3.8, 4) is 0 Å². The van der Waals surface area contributed by atoms with Crippen LogP contribution in [-0.4, -0.2) is 46.1 Å². The second-order valence-electron chi connectivity index (χ2n) is 8.75. The maximum absolute atomic E-state index is 13.6. The summed E-state index contributed by atoms with van der Waals surface area (Å²) in [7, 11) is -3.32. The van der Waals surface area contributed by atoms with Crippen LogP contribution in [0.15, 0.2) is 59.4 Å². The molecule has 0 fully saturated rings. The summed E-state index contributed by atoms with van der Waals surface area (Å²) < 4.78 is 72.1. The van der Waals surface area contributed by atoms with Crippen LogP contribution in [0.2, 0.25) is 0 Å². The molecule has 3 N–H and O–H groups in total. The number of fused-ring (bicyclic) bond motifs is 1. The molecule has 4 heterocycles. The van der Waals surface area contributed by atoms with E-state index in [0.717, 1.165) is 6.07 Å². The van der Waals surface area contributed by atoms with Crippen molar-refractivity contribution in [1.29, 1.82) is 0 Å². The average molecular weight is 578 g/mol. The molecule has 40 heavy (non-hydrogen) atoms. The summed E-state index contributed by atoms with van der Waals surface area (Å²) in [5.41, 5.74) is -0.880. The number of hydrogen-bond acceptors (Lipinski definition) is 8. The molecule has 208 valence electrons. The number of sulfone groups is 1. The lowest BCUT2D eigenvalue weighted by Gasteiger charge is -2.13. The minimum Gasteiger partial charge on any atom is -0.321 e. The van der Waals surface area contributed by atoms with Crippen molar-refractivity contribution in [3.05, 3.63) is 77.5 Å². The normalized spacial score (nSPS) is 14.3. The SMILES string of the molecule is O=C(Nc1cc(NC(=O)c2cc3n(n2)CCS(=O)(=O)C3)cc(C(F)(F)F)c1)Nc1c[n+](Cc2ccccn2)no1. The third-order valence-corrected chi connectivity index (χ3v) is 7.19. The number of halogens is 3. The molecule has 0 unspecified atom stereocenters. The molecular formula is C23H20F3N8O5S+. The van der Waals surface area contributed by atoms with Gasteiger partial charge in [-0.1, -0.05) is 6.07 Å². The van der Waals surface area contributed by atoms with E-state index >= 15 is 0 Å². The monoisotopic (exact) mass is 577 g/mol. The lowest BCUT2D eigenvalue weighted by molar-refractivity contribution is -0.755. The van der Waals surface area contributed by atoms with E-state index in [9.17, 15) is 31.2 Å². The number of nitrogens with zero attached hydrogens (tertiary/aromatic N) is 5. The number of aromatic nitrogens is 5. The van der Waals surface area contributed by atoms with Gasteiger partial charge in [0, 0.05) is 17.6 Å². The maximum atomic E-state index is 13.6. The third kappa shape index (κ3) is 6.42. The highest BCUT2D eigenvalue weighted by Crippen LogP contribution is 2.33. The summed E-state index contributed by atoms with van der Waals surface area (Å²) in [5.74, 6) is -1.37. The second-order valence-corrected chi connectivity index (χ2v) is 10.9. The van der Waals surface area contributed by atoms with Gasteiger partial charge in [0.05, 0.1) is 29.3 Å². The van der Waals surface area contributed by atoms with E-state index in [2.05, 4.69) is 31.3 Å². The van der Waals surface area contributed by atoms with Crippen molar-refractivity contribution < 1.29 is 40.4 Å². The Morgan fingerprint density at radius 2 is 1.85 bits per heavy atom. The van der Waals surface area contributed by atoms with Crippen molar-refractivity contribution in [2.75, 3.05) is 21.7 Å². The van der Waals surface area contributed by atoms with Gasteiger partial charge in [-0.25, -0.2) is 13.2 Å². The van der Waals surface area contributed by atoms with Gasteiger partial charge < -0.3 is 10.6 Å². The molecule has 4 aromatic rings. The number of urea groups is 1. The van der Waals surface area contributed by atoms with Crippen molar-refractivity contribution >= 4 is 39.0 Å². The fourth-order valence-electron chi connectivity index (χ4n) is 3.87. The zero-order valence-corrected chi connectivity index (χ0v) is 21.2. The number of carbonyl (C=O) groups excluding carboxylic acids is 2. The number of pyridine rings is 1. The van der Waals surface area contributed by atoms with Crippen LogP contribution in [0.4, 0.5) is 35.2 Å². The van der Waals surface area contributed by atoms with Gasteiger partial charge in [-0.3, -0.25) is 24.3 Å². The first-order valence-corrected chi connectivity index (χ1v) is 13.4. The Kier molecular flexibility index (Phi) is 6.97. The van der Waals surface area contributed by atoms with E-state index in [1.54, 1.807) is 24.4 Å². The number of anilines is 3. The third-order valence-electron chi connectivity index (χ3n) is 5.65. The first-order valence-electron chi connectivity index (χ1n) is 11.6. The summed E-state index contributed by atoms with van der Waals surface area (Å²) in [6.07, 6.45) is -1.83. The van der Waals surface area contributed by atoms with Crippen molar-refractivity contribution in [2.24, 2.45) is 0 Å². The van der Waals surface area contributed by atoms with E-state index in [4.69, 9.17) is 4.52 Å². The fraction of sp³-hybridized carbons (Fsp3) is 0.217. The number of nitrogens with one attached hydrogen (secondary N) is 3. The number of carbonyl (C=O) groups is 2. The Labute approximate surface area is 223 Å². The fourth-order valence-corrected chi connectivity index (χ4v) is 5.15. The number of benzene rings is 1. The van der Waals surface area contributed by atoms with Crippen LogP contribution in [0, 0.1) is 0 Å². The van der Waals surface area contributed by atoms with Gasteiger partial charge in [0.1, 0.15) is 5.69 Å². The van der Waals surface area contributed by atoms with Gasteiger partial charge in [0.15, 0.2) is 15.5 Å².